The molecule has 2 heterocycles. The van der Waals surface area contributed by atoms with Crippen LogP contribution in [-0.4, -0.2) is 41.5 Å². The van der Waals surface area contributed by atoms with Crippen molar-refractivity contribution in [1.82, 2.24) is 15.3 Å². The third-order valence-electron chi connectivity index (χ3n) is 2.77. The molecule has 2 rings (SSSR count). The maximum absolute atomic E-state index is 11.6. The van der Waals surface area contributed by atoms with Crippen molar-refractivity contribution in [3.05, 3.63) is 11.9 Å². The zero-order valence-corrected chi connectivity index (χ0v) is 10.7. The van der Waals surface area contributed by atoms with E-state index in [-0.39, 0.29) is 30.8 Å². The number of anilines is 2. The normalized spacial score (nSPS) is 19.5. The molecule has 1 aromatic heterocycles. The zero-order chi connectivity index (χ0) is 14.0. The second-order valence-electron chi connectivity index (χ2n) is 4.22. The van der Waals surface area contributed by atoms with Crippen LogP contribution in [0.3, 0.4) is 0 Å². The van der Waals surface area contributed by atoms with Crippen molar-refractivity contribution >= 4 is 23.5 Å². The standard InChI is InChI=1S/C11H15N5O3/c1-6-11(18)15-10(17)4-16(6)9-3-7(12)13-8(14-9)5-19-2/h3,6H,4-5H2,1-2H3,(H2,12,13,14)(H,15,17,18). The highest BCUT2D eigenvalue weighted by Crippen LogP contribution is 2.19. The summed E-state index contributed by atoms with van der Waals surface area (Å²) in [4.78, 5) is 32.9. The smallest absolute Gasteiger partial charge is 0.249 e. The predicted molar refractivity (Wildman–Crippen MR) is 67.1 cm³/mol. The summed E-state index contributed by atoms with van der Waals surface area (Å²) in [5.74, 6) is 0.386. The van der Waals surface area contributed by atoms with Crippen molar-refractivity contribution in [3.8, 4) is 0 Å². The predicted octanol–water partition coefficient (Wildman–Crippen LogP) is -0.943. The van der Waals surface area contributed by atoms with E-state index >= 15 is 0 Å². The Morgan fingerprint density at radius 2 is 2.26 bits per heavy atom. The summed E-state index contributed by atoms with van der Waals surface area (Å²) in [6, 6.07) is 1.03. The van der Waals surface area contributed by atoms with Gasteiger partial charge in [0.1, 0.15) is 24.3 Å². The molecule has 0 aliphatic carbocycles. The lowest BCUT2D eigenvalue weighted by atomic mass is 10.2. The Kier molecular flexibility index (Phi) is 3.61. The Hall–Kier alpha value is -2.22. The highest BCUT2D eigenvalue weighted by Gasteiger charge is 2.31. The maximum Gasteiger partial charge on any atom is 0.249 e. The minimum absolute atomic E-state index is 0.0514. The number of hydrogen-bond acceptors (Lipinski definition) is 7. The number of piperazine rings is 1. The summed E-state index contributed by atoms with van der Waals surface area (Å²) in [5.41, 5.74) is 5.69. The zero-order valence-electron chi connectivity index (χ0n) is 10.7. The SMILES string of the molecule is COCc1nc(N)cc(N2CC(=O)NC(=O)C2C)n1. The van der Waals surface area contributed by atoms with Crippen LogP contribution in [0, 0.1) is 0 Å². The number of hydrogen-bond donors (Lipinski definition) is 2. The van der Waals surface area contributed by atoms with Crippen molar-refractivity contribution in [3.63, 3.8) is 0 Å². The fourth-order valence-corrected chi connectivity index (χ4v) is 1.84. The fraction of sp³-hybridized carbons (Fsp3) is 0.455. The van der Waals surface area contributed by atoms with Crippen LogP contribution in [0.2, 0.25) is 0 Å². The van der Waals surface area contributed by atoms with Gasteiger partial charge in [0.05, 0.1) is 6.54 Å². The molecule has 1 aliphatic rings. The number of nitrogen functional groups attached to an aromatic ring is 1. The lowest BCUT2D eigenvalue weighted by molar-refractivity contribution is -0.132. The van der Waals surface area contributed by atoms with Crippen LogP contribution in [-0.2, 0) is 20.9 Å². The number of carbonyl (C=O) groups excluding carboxylic acids is 2. The molecule has 0 aromatic carbocycles. The summed E-state index contributed by atoms with van der Waals surface area (Å²) in [5, 5.41) is 2.26. The lowest BCUT2D eigenvalue weighted by Gasteiger charge is -2.32. The van der Waals surface area contributed by atoms with Gasteiger partial charge in [-0.1, -0.05) is 0 Å². The van der Waals surface area contributed by atoms with Gasteiger partial charge in [0.2, 0.25) is 11.8 Å². The number of amides is 2. The molecule has 102 valence electrons. The highest BCUT2D eigenvalue weighted by atomic mass is 16.5. The summed E-state index contributed by atoms with van der Waals surface area (Å²) in [6.07, 6.45) is 0. The van der Waals surface area contributed by atoms with Gasteiger partial charge in [0.15, 0.2) is 5.82 Å². The lowest BCUT2D eigenvalue weighted by Crippen LogP contribution is -2.57. The first-order valence-electron chi connectivity index (χ1n) is 5.74. The third-order valence-corrected chi connectivity index (χ3v) is 2.77. The van der Waals surface area contributed by atoms with Gasteiger partial charge in [0.25, 0.3) is 0 Å². The summed E-state index contributed by atoms with van der Waals surface area (Å²) < 4.78 is 4.95. The molecule has 3 N–H and O–H groups in total. The van der Waals surface area contributed by atoms with E-state index in [1.54, 1.807) is 11.8 Å². The number of nitrogens with one attached hydrogen (secondary N) is 1. The number of nitrogens with two attached hydrogens (primary N) is 1. The Bertz CT molecular complexity index is 519. The molecule has 1 fully saturated rings. The van der Waals surface area contributed by atoms with Gasteiger partial charge >= 0.3 is 0 Å². The van der Waals surface area contributed by atoms with Gasteiger partial charge in [-0.15, -0.1) is 0 Å². The number of ether oxygens (including phenoxy) is 1. The van der Waals surface area contributed by atoms with Crippen LogP contribution in [0.15, 0.2) is 6.07 Å². The first kappa shape index (κ1) is 13.2. The van der Waals surface area contributed by atoms with Gasteiger partial charge in [-0.05, 0) is 6.92 Å². The third kappa shape index (κ3) is 2.79. The monoisotopic (exact) mass is 265 g/mol. The summed E-state index contributed by atoms with van der Waals surface area (Å²) in [6.45, 7) is 1.95. The molecule has 0 saturated carbocycles. The van der Waals surface area contributed by atoms with Gasteiger partial charge in [-0.2, -0.15) is 0 Å². The molecular weight excluding hydrogens is 250 g/mol. The van der Waals surface area contributed by atoms with Gasteiger partial charge < -0.3 is 15.4 Å². The molecule has 19 heavy (non-hydrogen) atoms. The van der Waals surface area contributed by atoms with E-state index in [1.165, 1.54) is 13.2 Å². The Balaban J connectivity index is 2.34. The van der Waals surface area contributed by atoms with Crippen molar-refractivity contribution in [2.24, 2.45) is 0 Å². The number of nitrogens with zero attached hydrogens (tertiary/aromatic N) is 3. The summed E-state index contributed by atoms with van der Waals surface area (Å²) >= 11 is 0. The van der Waals surface area contributed by atoms with E-state index < -0.39 is 6.04 Å². The molecule has 1 unspecified atom stereocenters. The van der Waals surface area contributed by atoms with E-state index in [9.17, 15) is 9.59 Å². The maximum atomic E-state index is 11.6. The first-order chi connectivity index (χ1) is 9.01. The number of aromatic nitrogens is 2. The van der Waals surface area contributed by atoms with Gasteiger partial charge in [0, 0.05) is 13.2 Å². The van der Waals surface area contributed by atoms with Crippen LogP contribution in [0.25, 0.3) is 0 Å². The fourth-order valence-electron chi connectivity index (χ4n) is 1.84. The van der Waals surface area contributed by atoms with Crippen molar-refractivity contribution in [1.29, 1.82) is 0 Å². The molecule has 2 amide bonds. The minimum Gasteiger partial charge on any atom is -0.384 e. The topological polar surface area (TPSA) is 110 Å². The molecule has 0 bridgehead atoms. The van der Waals surface area contributed by atoms with Crippen LogP contribution in [0.5, 0.6) is 0 Å². The molecule has 1 aliphatic heterocycles. The average Bonchev–Trinajstić information content (AvgIpc) is 2.33. The highest BCUT2D eigenvalue weighted by molar-refractivity contribution is 6.04. The number of rotatable bonds is 3. The second-order valence-corrected chi connectivity index (χ2v) is 4.22. The van der Waals surface area contributed by atoms with E-state index in [2.05, 4.69) is 15.3 Å². The van der Waals surface area contributed by atoms with Gasteiger partial charge in [-0.3, -0.25) is 14.9 Å². The number of carbonyl (C=O) groups is 2. The molecule has 0 radical (unpaired) electrons. The van der Waals surface area contributed by atoms with Crippen molar-refractivity contribution in [2.45, 2.75) is 19.6 Å². The number of methoxy groups -OCH3 is 1. The minimum atomic E-state index is -0.498. The average molecular weight is 265 g/mol. The van der Waals surface area contributed by atoms with Crippen LogP contribution in [0.4, 0.5) is 11.6 Å². The summed E-state index contributed by atoms with van der Waals surface area (Å²) in [7, 11) is 1.52. The molecule has 8 nitrogen and oxygen atoms in total. The van der Waals surface area contributed by atoms with Crippen molar-refractivity contribution < 1.29 is 14.3 Å². The van der Waals surface area contributed by atoms with E-state index in [0.717, 1.165) is 0 Å². The Morgan fingerprint density at radius 1 is 1.53 bits per heavy atom. The molecule has 1 aromatic rings. The van der Waals surface area contributed by atoms with Crippen LogP contribution >= 0.6 is 0 Å². The Morgan fingerprint density at radius 3 is 2.95 bits per heavy atom. The largest absolute Gasteiger partial charge is 0.384 e. The molecule has 1 saturated heterocycles. The quantitative estimate of drug-likeness (QED) is 0.678. The van der Waals surface area contributed by atoms with Crippen LogP contribution < -0.4 is 16.0 Å². The molecule has 1 atom stereocenters. The Labute approximate surface area is 110 Å². The van der Waals surface area contributed by atoms with Crippen molar-refractivity contribution in [2.75, 3.05) is 24.3 Å². The molecule has 0 spiro atoms. The molecule has 8 heteroatoms. The molecular formula is C11H15N5O3. The van der Waals surface area contributed by atoms with E-state index in [4.69, 9.17) is 10.5 Å². The van der Waals surface area contributed by atoms with E-state index in [1.807, 2.05) is 0 Å². The first-order valence-corrected chi connectivity index (χ1v) is 5.74. The second kappa shape index (κ2) is 5.19. The number of imide groups is 1. The van der Waals surface area contributed by atoms with Gasteiger partial charge in [-0.25, -0.2) is 9.97 Å². The van der Waals surface area contributed by atoms with E-state index in [0.29, 0.717) is 11.6 Å². The van der Waals surface area contributed by atoms with Crippen LogP contribution in [0.1, 0.15) is 12.7 Å².